The van der Waals surface area contributed by atoms with Crippen LogP contribution in [0.4, 0.5) is 0 Å². The van der Waals surface area contributed by atoms with Crippen LogP contribution in [0.2, 0.25) is 0 Å². The van der Waals surface area contributed by atoms with Gasteiger partial charge in [0.2, 0.25) is 11.8 Å². The lowest BCUT2D eigenvalue weighted by Crippen LogP contribution is -2.47. The second kappa shape index (κ2) is 15.0. The van der Waals surface area contributed by atoms with Gasteiger partial charge in [-0.2, -0.15) is 0 Å². The zero-order valence-corrected chi connectivity index (χ0v) is 23.6. The Labute approximate surface area is 246 Å². The second-order valence-electron chi connectivity index (χ2n) is 10.8. The Bertz CT molecular complexity index is 1290. The average Bonchev–Trinajstić information content (AvgIpc) is 3.02. The maximum atomic E-state index is 14.2. The van der Waals surface area contributed by atoms with Crippen LogP contribution in [0.3, 0.4) is 0 Å². The van der Waals surface area contributed by atoms with Crippen molar-refractivity contribution < 1.29 is 29.4 Å². The summed E-state index contributed by atoms with van der Waals surface area (Å²) in [6.07, 6.45) is 2.65. The molecule has 0 bridgehead atoms. The normalized spacial score (nSPS) is 17.3. The summed E-state index contributed by atoms with van der Waals surface area (Å²) in [5.41, 5.74) is 2.72. The molecule has 3 aromatic carbocycles. The van der Waals surface area contributed by atoms with E-state index in [1.165, 1.54) is 4.90 Å². The number of carbonyl (C=O) groups is 4. The molecular weight excluding hydrogens is 532 g/mol. The summed E-state index contributed by atoms with van der Waals surface area (Å²) in [5.74, 6) is -4.48. The third-order valence-corrected chi connectivity index (χ3v) is 8.09. The van der Waals surface area contributed by atoms with Crippen molar-refractivity contribution in [2.45, 2.75) is 50.5 Å². The third-order valence-electron chi connectivity index (χ3n) is 8.09. The van der Waals surface area contributed by atoms with Crippen LogP contribution >= 0.6 is 0 Å². The highest BCUT2D eigenvalue weighted by atomic mass is 16.4. The molecule has 1 aliphatic rings. The molecule has 8 nitrogen and oxygen atoms in total. The minimum absolute atomic E-state index is 0.0230. The topological polar surface area (TPSA) is 124 Å². The van der Waals surface area contributed by atoms with Gasteiger partial charge in [-0.1, -0.05) is 104 Å². The smallest absolute Gasteiger partial charge is 0.307 e. The van der Waals surface area contributed by atoms with Crippen LogP contribution in [-0.2, 0) is 19.2 Å². The number of amides is 2. The summed E-state index contributed by atoms with van der Waals surface area (Å²) in [7, 11) is 0. The van der Waals surface area contributed by atoms with E-state index in [4.69, 9.17) is 0 Å². The first-order chi connectivity index (χ1) is 20.3. The quantitative estimate of drug-likeness (QED) is 0.258. The predicted octanol–water partition coefficient (Wildman–Crippen LogP) is 5.26. The van der Waals surface area contributed by atoms with E-state index in [2.05, 4.69) is 5.32 Å². The molecule has 3 aromatic rings. The molecule has 2 amide bonds. The molecular formula is C34H38N2O6. The summed E-state index contributed by atoms with van der Waals surface area (Å²) in [6, 6.07) is 27.7. The van der Waals surface area contributed by atoms with Crippen LogP contribution in [0.25, 0.3) is 0 Å². The fourth-order valence-corrected chi connectivity index (χ4v) is 5.85. The Balaban J connectivity index is 1.61. The lowest BCUT2D eigenvalue weighted by molar-refractivity contribution is -0.149. The van der Waals surface area contributed by atoms with E-state index in [9.17, 15) is 29.4 Å². The highest BCUT2D eigenvalue weighted by Crippen LogP contribution is 2.32. The van der Waals surface area contributed by atoms with Crippen LogP contribution in [0.5, 0.6) is 0 Å². The number of carbonyl (C=O) groups excluding carboxylic acids is 2. The van der Waals surface area contributed by atoms with Gasteiger partial charge in [0.25, 0.3) is 0 Å². The van der Waals surface area contributed by atoms with Gasteiger partial charge >= 0.3 is 11.9 Å². The van der Waals surface area contributed by atoms with Crippen molar-refractivity contribution >= 4 is 23.8 Å². The zero-order chi connectivity index (χ0) is 29.9. The molecule has 0 radical (unpaired) electrons. The Morgan fingerprint density at radius 2 is 1.21 bits per heavy atom. The highest BCUT2D eigenvalue weighted by Gasteiger charge is 2.38. The molecule has 0 aromatic heterocycles. The van der Waals surface area contributed by atoms with Gasteiger partial charge in [0.05, 0.1) is 18.3 Å². The van der Waals surface area contributed by atoms with Crippen molar-refractivity contribution in [2.24, 2.45) is 11.8 Å². The predicted molar refractivity (Wildman–Crippen MR) is 159 cm³/mol. The van der Waals surface area contributed by atoms with Crippen LogP contribution in [0, 0.1) is 11.8 Å². The lowest BCUT2D eigenvalue weighted by atomic mass is 9.78. The summed E-state index contributed by atoms with van der Waals surface area (Å²) >= 11 is 0. The Kier molecular flexibility index (Phi) is 10.9. The van der Waals surface area contributed by atoms with Crippen molar-refractivity contribution in [1.29, 1.82) is 0 Å². The van der Waals surface area contributed by atoms with E-state index >= 15 is 0 Å². The number of carboxylic acid groups (broad SMARTS) is 2. The molecule has 220 valence electrons. The number of carboxylic acids is 2. The second-order valence-corrected chi connectivity index (χ2v) is 10.8. The first-order valence-electron chi connectivity index (χ1n) is 14.5. The summed E-state index contributed by atoms with van der Waals surface area (Å²) in [6.45, 7) is 0.242. The molecule has 1 aliphatic carbocycles. The van der Waals surface area contributed by atoms with Crippen molar-refractivity contribution in [3.8, 4) is 0 Å². The summed E-state index contributed by atoms with van der Waals surface area (Å²) in [4.78, 5) is 52.6. The largest absolute Gasteiger partial charge is 0.481 e. The third kappa shape index (κ3) is 8.06. The number of rotatable bonds is 13. The van der Waals surface area contributed by atoms with Crippen LogP contribution < -0.4 is 5.32 Å². The molecule has 42 heavy (non-hydrogen) atoms. The van der Waals surface area contributed by atoms with Crippen molar-refractivity contribution in [1.82, 2.24) is 10.2 Å². The maximum Gasteiger partial charge on any atom is 0.307 e. The Hall–Kier alpha value is -4.46. The molecule has 3 N–H and O–H groups in total. The summed E-state index contributed by atoms with van der Waals surface area (Å²) in [5, 5.41) is 22.1. The molecule has 0 spiro atoms. The zero-order valence-electron chi connectivity index (χ0n) is 23.6. The van der Waals surface area contributed by atoms with Crippen molar-refractivity contribution in [3.63, 3.8) is 0 Å². The SMILES string of the molecule is O=C(O)CCN(CCC(c1ccccc1)c1ccccc1)C(=O)[C@H](NC(=O)[C@@H]1CCCC[C@H]1C(=O)O)c1ccccc1. The first-order valence-corrected chi connectivity index (χ1v) is 14.5. The van der Waals surface area contributed by atoms with Gasteiger partial charge in [-0.05, 0) is 36.0 Å². The van der Waals surface area contributed by atoms with Gasteiger partial charge in [-0.3, -0.25) is 19.2 Å². The van der Waals surface area contributed by atoms with Crippen LogP contribution in [0.1, 0.15) is 67.2 Å². The monoisotopic (exact) mass is 570 g/mol. The first kappa shape index (κ1) is 30.5. The van der Waals surface area contributed by atoms with Crippen molar-refractivity contribution in [2.75, 3.05) is 13.1 Å². The van der Waals surface area contributed by atoms with E-state index < -0.39 is 41.6 Å². The number of aliphatic carboxylic acids is 2. The number of hydrogen-bond donors (Lipinski definition) is 3. The molecule has 0 saturated heterocycles. The van der Waals surface area contributed by atoms with Gasteiger partial charge < -0.3 is 20.4 Å². The van der Waals surface area contributed by atoms with Gasteiger partial charge in [-0.15, -0.1) is 0 Å². The summed E-state index contributed by atoms with van der Waals surface area (Å²) < 4.78 is 0. The van der Waals surface area contributed by atoms with E-state index in [0.717, 1.165) is 24.0 Å². The van der Waals surface area contributed by atoms with Crippen LogP contribution in [-0.4, -0.2) is 52.0 Å². The molecule has 1 fully saturated rings. The highest BCUT2D eigenvalue weighted by molar-refractivity contribution is 5.91. The number of benzene rings is 3. The Morgan fingerprint density at radius 1 is 0.714 bits per heavy atom. The van der Waals surface area contributed by atoms with E-state index in [1.807, 2.05) is 60.7 Å². The fourth-order valence-electron chi connectivity index (χ4n) is 5.85. The Morgan fingerprint density at radius 3 is 1.71 bits per heavy atom. The minimum Gasteiger partial charge on any atom is -0.481 e. The minimum atomic E-state index is -1.07. The maximum absolute atomic E-state index is 14.2. The molecule has 0 unspecified atom stereocenters. The lowest BCUT2D eigenvalue weighted by Gasteiger charge is -2.32. The number of hydrogen-bond acceptors (Lipinski definition) is 4. The molecule has 1 saturated carbocycles. The fraction of sp³-hybridized carbons (Fsp3) is 0.353. The van der Waals surface area contributed by atoms with E-state index in [-0.39, 0.29) is 25.4 Å². The average molecular weight is 571 g/mol. The molecule has 0 aliphatic heterocycles. The van der Waals surface area contributed by atoms with Gasteiger partial charge in [0.1, 0.15) is 6.04 Å². The molecule has 8 heteroatoms. The molecule has 3 atom stereocenters. The standard InChI is InChI=1S/C34H38N2O6/c37-30(38)21-23-36(22-20-27(24-12-4-1-5-13-24)25-14-6-2-7-15-25)33(40)31(26-16-8-3-9-17-26)35-32(39)28-18-10-11-19-29(28)34(41)42/h1-9,12-17,27-29,31H,10-11,18-23H2,(H,35,39)(H,37,38)(H,41,42)/t28-,29-,31-/m1/s1. The number of nitrogens with zero attached hydrogens (tertiary/aromatic N) is 1. The van der Waals surface area contributed by atoms with Gasteiger partial charge in [-0.25, -0.2) is 0 Å². The molecule has 4 rings (SSSR count). The van der Waals surface area contributed by atoms with E-state index in [0.29, 0.717) is 24.8 Å². The van der Waals surface area contributed by atoms with Gasteiger partial charge in [0, 0.05) is 19.0 Å². The number of nitrogens with one attached hydrogen (secondary N) is 1. The van der Waals surface area contributed by atoms with Crippen molar-refractivity contribution in [3.05, 3.63) is 108 Å². The molecule has 0 heterocycles. The van der Waals surface area contributed by atoms with Gasteiger partial charge in [0.15, 0.2) is 0 Å². The van der Waals surface area contributed by atoms with Crippen LogP contribution in [0.15, 0.2) is 91.0 Å². The van der Waals surface area contributed by atoms with E-state index in [1.54, 1.807) is 30.3 Å².